The van der Waals surface area contributed by atoms with Crippen molar-refractivity contribution in [3.05, 3.63) is 72.4 Å². The van der Waals surface area contributed by atoms with Crippen molar-refractivity contribution in [1.29, 1.82) is 0 Å². The van der Waals surface area contributed by atoms with Crippen LogP contribution in [0.1, 0.15) is 12.8 Å². The molecule has 0 atom stereocenters. The first-order chi connectivity index (χ1) is 15.0. The summed E-state index contributed by atoms with van der Waals surface area (Å²) in [7, 11) is 0. The number of aromatic nitrogens is 1. The molecule has 6 nitrogen and oxygen atoms in total. The van der Waals surface area contributed by atoms with Gasteiger partial charge in [-0.15, -0.1) is 0 Å². The lowest BCUT2D eigenvalue weighted by Gasteiger charge is -2.09. The maximum atomic E-state index is 13.2. The molecule has 0 saturated heterocycles. The molecule has 4 rings (SSSR count). The third kappa shape index (κ3) is 5.42. The zero-order valence-electron chi connectivity index (χ0n) is 16.5. The Morgan fingerprint density at radius 3 is 2.23 bits per heavy atom. The van der Waals surface area contributed by atoms with Gasteiger partial charge in [0.1, 0.15) is 5.82 Å². The first-order valence-electron chi connectivity index (χ1n) is 9.84. The molecular weight excluding hydrogens is 402 g/mol. The van der Waals surface area contributed by atoms with Gasteiger partial charge >= 0.3 is 0 Å². The van der Waals surface area contributed by atoms with E-state index in [0.717, 1.165) is 41.8 Å². The lowest BCUT2D eigenvalue weighted by atomic mass is 10.1. The molecule has 1 aliphatic carbocycles. The molecule has 1 aromatic heterocycles. The van der Waals surface area contributed by atoms with Gasteiger partial charge in [0, 0.05) is 35.1 Å². The van der Waals surface area contributed by atoms with Crippen LogP contribution < -0.4 is 16.0 Å². The summed E-state index contributed by atoms with van der Waals surface area (Å²) in [6.45, 7) is -0.0325. The summed E-state index contributed by atoms with van der Waals surface area (Å²) in [6, 6.07) is 14.2. The minimum atomic E-state index is -1.02. The van der Waals surface area contributed by atoms with Crippen LogP contribution in [-0.2, 0) is 9.59 Å². The van der Waals surface area contributed by atoms with Crippen LogP contribution in [0.15, 0.2) is 60.8 Å². The minimum absolute atomic E-state index is 0.0178. The fourth-order valence-electron chi connectivity index (χ4n) is 2.95. The molecule has 1 saturated carbocycles. The second kappa shape index (κ2) is 8.91. The summed E-state index contributed by atoms with van der Waals surface area (Å²) in [6.07, 6.45) is 3.58. The number of hydrogen-bond donors (Lipinski definition) is 3. The monoisotopic (exact) mass is 422 g/mol. The smallest absolute Gasteiger partial charge is 0.243 e. The summed E-state index contributed by atoms with van der Waals surface area (Å²) >= 11 is 0. The number of carbonyl (C=O) groups excluding carboxylic acids is 2. The van der Waals surface area contributed by atoms with E-state index >= 15 is 0 Å². The second-order valence-electron chi connectivity index (χ2n) is 7.30. The molecule has 0 radical (unpaired) electrons. The quantitative estimate of drug-likeness (QED) is 0.526. The van der Waals surface area contributed by atoms with Gasteiger partial charge in [0.05, 0.1) is 6.54 Å². The third-order valence-electron chi connectivity index (χ3n) is 4.84. The van der Waals surface area contributed by atoms with Gasteiger partial charge in [0.2, 0.25) is 11.8 Å². The molecule has 1 heterocycles. The van der Waals surface area contributed by atoms with E-state index in [1.165, 1.54) is 6.07 Å². The number of amides is 2. The van der Waals surface area contributed by atoms with Crippen LogP contribution in [0, 0.1) is 17.6 Å². The maximum Gasteiger partial charge on any atom is 0.243 e. The number of anilines is 3. The number of hydrogen-bond acceptors (Lipinski definition) is 4. The maximum absolute atomic E-state index is 13.2. The van der Waals surface area contributed by atoms with Crippen molar-refractivity contribution >= 4 is 29.0 Å². The predicted octanol–water partition coefficient (Wildman–Crippen LogP) is 4.43. The highest BCUT2D eigenvalue weighted by Gasteiger charge is 2.29. The average Bonchev–Trinajstić information content (AvgIpc) is 3.62. The number of nitrogens with one attached hydrogen (secondary N) is 3. The molecule has 1 aliphatic rings. The summed E-state index contributed by atoms with van der Waals surface area (Å²) < 4.78 is 26.1. The number of carbonyl (C=O) groups is 2. The van der Waals surface area contributed by atoms with E-state index < -0.39 is 11.6 Å². The molecule has 0 unspecified atom stereocenters. The topological polar surface area (TPSA) is 83.1 Å². The number of rotatable bonds is 7. The van der Waals surface area contributed by atoms with Gasteiger partial charge < -0.3 is 16.0 Å². The molecule has 0 bridgehead atoms. The number of benzene rings is 2. The fourth-order valence-corrected chi connectivity index (χ4v) is 2.95. The first kappa shape index (κ1) is 20.5. The second-order valence-corrected chi connectivity index (χ2v) is 7.30. The molecule has 8 heteroatoms. The van der Waals surface area contributed by atoms with Gasteiger partial charge in [0.25, 0.3) is 0 Å². The SMILES string of the molecule is O=C(CNc1ccc(-c2ccc(NC(=O)C3CC3)nc2)cc1)Nc1ccc(F)c(F)c1. The van der Waals surface area contributed by atoms with Crippen LogP contribution in [0.4, 0.5) is 26.0 Å². The summed E-state index contributed by atoms with van der Waals surface area (Å²) in [5.41, 5.74) is 2.74. The minimum Gasteiger partial charge on any atom is -0.376 e. The Labute approximate surface area is 177 Å². The number of pyridine rings is 1. The van der Waals surface area contributed by atoms with E-state index in [1.807, 2.05) is 30.3 Å². The molecule has 158 valence electrons. The van der Waals surface area contributed by atoms with E-state index in [-0.39, 0.29) is 30.0 Å². The Hall–Kier alpha value is -3.81. The normalized spacial score (nSPS) is 12.8. The lowest BCUT2D eigenvalue weighted by molar-refractivity contribution is -0.117. The van der Waals surface area contributed by atoms with Crippen molar-refractivity contribution in [2.75, 3.05) is 22.5 Å². The van der Waals surface area contributed by atoms with Crippen molar-refractivity contribution in [2.45, 2.75) is 12.8 Å². The van der Waals surface area contributed by atoms with Gasteiger partial charge in [-0.25, -0.2) is 13.8 Å². The van der Waals surface area contributed by atoms with Crippen molar-refractivity contribution in [2.24, 2.45) is 5.92 Å². The van der Waals surface area contributed by atoms with Gasteiger partial charge in [0.15, 0.2) is 11.6 Å². The Balaban J connectivity index is 1.30. The van der Waals surface area contributed by atoms with E-state index in [2.05, 4.69) is 20.9 Å². The fraction of sp³-hybridized carbons (Fsp3) is 0.174. The number of nitrogens with zero attached hydrogens (tertiary/aromatic N) is 1. The Kier molecular flexibility index (Phi) is 5.88. The molecular formula is C23H20F2N4O2. The highest BCUT2D eigenvalue weighted by molar-refractivity contribution is 5.94. The van der Waals surface area contributed by atoms with Crippen molar-refractivity contribution in [3.8, 4) is 11.1 Å². The molecule has 3 aromatic rings. The van der Waals surface area contributed by atoms with Crippen molar-refractivity contribution in [1.82, 2.24) is 4.98 Å². The van der Waals surface area contributed by atoms with E-state index in [9.17, 15) is 18.4 Å². The molecule has 2 amide bonds. The van der Waals surface area contributed by atoms with E-state index in [0.29, 0.717) is 5.82 Å². The summed E-state index contributed by atoms with van der Waals surface area (Å²) in [5, 5.41) is 8.28. The van der Waals surface area contributed by atoms with Gasteiger partial charge in [-0.05, 0) is 54.8 Å². The molecule has 1 fully saturated rings. The largest absolute Gasteiger partial charge is 0.376 e. The molecule has 3 N–H and O–H groups in total. The van der Waals surface area contributed by atoms with E-state index in [1.54, 1.807) is 12.3 Å². The third-order valence-corrected chi connectivity index (χ3v) is 4.84. The van der Waals surface area contributed by atoms with Gasteiger partial charge in [-0.1, -0.05) is 12.1 Å². The lowest BCUT2D eigenvalue weighted by Crippen LogP contribution is -2.21. The summed E-state index contributed by atoms with van der Waals surface area (Å²) in [4.78, 5) is 28.1. The van der Waals surface area contributed by atoms with Crippen molar-refractivity contribution in [3.63, 3.8) is 0 Å². The van der Waals surface area contributed by atoms with Crippen LogP contribution >= 0.6 is 0 Å². The number of halogens is 2. The highest BCUT2D eigenvalue weighted by atomic mass is 19.2. The van der Waals surface area contributed by atoms with Crippen LogP contribution in [0.5, 0.6) is 0 Å². The van der Waals surface area contributed by atoms with Crippen LogP contribution in [0.3, 0.4) is 0 Å². The molecule has 2 aromatic carbocycles. The zero-order chi connectivity index (χ0) is 21.8. The first-order valence-corrected chi connectivity index (χ1v) is 9.84. The van der Waals surface area contributed by atoms with Crippen LogP contribution in [0.25, 0.3) is 11.1 Å². The standard InChI is InChI=1S/C23H20F2N4O2/c24-19-9-8-18(11-20(19)25)28-22(30)13-26-17-6-3-14(4-7-17)16-5-10-21(27-12-16)29-23(31)15-1-2-15/h3-12,15,26H,1-2,13H2,(H,28,30)(H,27,29,31). The highest BCUT2D eigenvalue weighted by Crippen LogP contribution is 2.30. The average molecular weight is 422 g/mol. The van der Waals surface area contributed by atoms with E-state index in [4.69, 9.17) is 0 Å². The zero-order valence-corrected chi connectivity index (χ0v) is 16.5. The van der Waals surface area contributed by atoms with Crippen LogP contribution in [0.2, 0.25) is 0 Å². The van der Waals surface area contributed by atoms with Crippen LogP contribution in [-0.4, -0.2) is 23.3 Å². The van der Waals surface area contributed by atoms with Gasteiger partial charge in [-0.2, -0.15) is 0 Å². The predicted molar refractivity (Wildman–Crippen MR) is 115 cm³/mol. The molecule has 31 heavy (non-hydrogen) atoms. The Bertz CT molecular complexity index is 1100. The molecule has 0 spiro atoms. The molecule has 0 aliphatic heterocycles. The Morgan fingerprint density at radius 1 is 0.871 bits per heavy atom. The van der Waals surface area contributed by atoms with Crippen molar-refractivity contribution < 1.29 is 18.4 Å². The summed E-state index contributed by atoms with van der Waals surface area (Å²) in [5.74, 6) is -1.70. The Morgan fingerprint density at radius 2 is 1.58 bits per heavy atom. The van der Waals surface area contributed by atoms with Gasteiger partial charge in [-0.3, -0.25) is 9.59 Å².